The van der Waals surface area contributed by atoms with Gasteiger partial charge in [-0.2, -0.15) is 0 Å². The highest BCUT2D eigenvalue weighted by Gasteiger charge is 2.20. The van der Waals surface area contributed by atoms with Gasteiger partial charge >= 0.3 is 0 Å². The van der Waals surface area contributed by atoms with Crippen LogP contribution in [-0.4, -0.2) is 74.1 Å². The van der Waals surface area contributed by atoms with Crippen LogP contribution >= 0.6 is 11.8 Å². The Morgan fingerprint density at radius 3 is 2.67 bits per heavy atom. The highest BCUT2D eigenvalue weighted by Crippen LogP contribution is 2.14. The minimum Gasteiger partial charge on any atom is -0.361 e. The van der Waals surface area contributed by atoms with Crippen LogP contribution in [0.2, 0.25) is 0 Å². The second kappa shape index (κ2) is 11.6. The molecule has 0 atom stereocenters. The standard InChI is InChI=1S/C16H26N6OS/c1-5-19-15(20-12-24-14(11-23)10-17-3)9-16(18-4)22-8-7-21(6-2)13-22/h9-11H,3-8,12-13H2,1-2H3,(H,19,20)/b14-10-,16-9+. The van der Waals surface area contributed by atoms with Gasteiger partial charge in [-0.3, -0.25) is 19.7 Å². The van der Waals surface area contributed by atoms with E-state index < -0.39 is 0 Å². The predicted octanol–water partition coefficient (Wildman–Crippen LogP) is 1.56. The number of aldehydes is 1. The minimum atomic E-state index is 0.501. The number of thioether (sulfide) groups is 1. The average molecular weight is 350 g/mol. The summed E-state index contributed by atoms with van der Waals surface area (Å²) >= 11 is 1.34. The fraction of sp³-hybridized carbons (Fsp3) is 0.500. The van der Waals surface area contributed by atoms with E-state index in [1.54, 1.807) is 0 Å². The van der Waals surface area contributed by atoms with Crippen molar-refractivity contribution in [3.63, 3.8) is 0 Å². The Bertz CT molecular complexity index is 529. The number of carbonyl (C=O) groups excluding carboxylic acids is 1. The molecule has 0 unspecified atom stereocenters. The smallest absolute Gasteiger partial charge is 0.158 e. The normalized spacial score (nSPS) is 17.1. The number of allylic oxidation sites excluding steroid dienone is 1. The SMILES string of the molecule is C=N/C=C(/C=O)SCNC(/C=C(\N=C)N1CCN(CC)C1)=N/CC. The van der Waals surface area contributed by atoms with Gasteiger partial charge in [-0.15, -0.1) is 0 Å². The number of aliphatic imine (C=N–C) groups is 3. The molecule has 8 heteroatoms. The molecule has 0 radical (unpaired) electrons. The summed E-state index contributed by atoms with van der Waals surface area (Å²) in [6.45, 7) is 15.6. The highest BCUT2D eigenvalue weighted by atomic mass is 32.2. The van der Waals surface area contributed by atoms with Gasteiger partial charge in [0.15, 0.2) is 6.29 Å². The van der Waals surface area contributed by atoms with Crippen molar-refractivity contribution in [2.24, 2.45) is 15.0 Å². The molecule has 0 bridgehead atoms. The molecule has 0 amide bonds. The van der Waals surface area contributed by atoms with Crippen LogP contribution in [-0.2, 0) is 4.79 Å². The first-order chi connectivity index (χ1) is 11.7. The maximum absolute atomic E-state index is 10.9. The van der Waals surface area contributed by atoms with Gasteiger partial charge in [0.1, 0.15) is 11.7 Å². The van der Waals surface area contributed by atoms with Crippen LogP contribution in [0.15, 0.2) is 38.0 Å². The van der Waals surface area contributed by atoms with Crippen molar-refractivity contribution in [3.8, 4) is 0 Å². The maximum Gasteiger partial charge on any atom is 0.158 e. The minimum absolute atomic E-state index is 0.501. The average Bonchev–Trinajstić information content (AvgIpc) is 3.07. The third kappa shape index (κ3) is 6.67. The van der Waals surface area contributed by atoms with E-state index in [0.717, 1.165) is 44.2 Å². The maximum atomic E-state index is 10.9. The van der Waals surface area contributed by atoms with Gasteiger partial charge in [0.05, 0.1) is 17.5 Å². The van der Waals surface area contributed by atoms with Crippen LogP contribution in [0.4, 0.5) is 0 Å². The fourth-order valence-corrected chi connectivity index (χ4v) is 2.76. The summed E-state index contributed by atoms with van der Waals surface area (Å²) in [6.07, 6.45) is 4.09. The highest BCUT2D eigenvalue weighted by molar-refractivity contribution is 8.03. The molecular formula is C16H26N6OS. The molecule has 132 valence electrons. The van der Waals surface area contributed by atoms with Crippen LogP contribution in [0.5, 0.6) is 0 Å². The Kier molecular flexibility index (Phi) is 9.71. The Hall–Kier alpha value is -1.93. The van der Waals surface area contributed by atoms with Crippen LogP contribution in [0.3, 0.4) is 0 Å². The number of nitrogens with zero attached hydrogens (tertiary/aromatic N) is 5. The second-order valence-electron chi connectivity index (χ2n) is 4.93. The summed E-state index contributed by atoms with van der Waals surface area (Å²) in [5, 5.41) is 3.20. The van der Waals surface area contributed by atoms with Gasteiger partial charge in [0.25, 0.3) is 0 Å². The first-order valence-electron chi connectivity index (χ1n) is 7.86. The Morgan fingerprint density at radius 2 is 2.12 bits per heavy atom. The molecule has 0 aliphatic carbocycles. The van der Waals surface area contributed by atoms with Gasteiger partial charge in [-0.25, -0.2) is 4.99 Å². The van der Waals surface area contributed by atoms with Crippen LogP contribution in [0, 0.1) is 0 Å². The molecule has 1 saturated heterocycles. The summed E-state index contributed by atoms with van der Waals surface area (Å²) in [7, 11) is 0. The number of rotatable bonds is 10. The molecule has 0 aromatic rings. The molecule has 0 aromatic carbocycles. The largest absolute Gasteiger partial charge is 0.361 e. The molecule has 1 aliphatic heterocycles. The van der Waals surface area contributed by atoms with Crippen LogP contribution < -0.4 is 5.32 Å². The molecule has 0 saturated carbocycles. The number of hydrogen-bond donors (Lipinski definition) is 1. The first-order valence-corrected chi connectivity index (χ1v) is 8.85. The van der Waals surface area contributed by atoms with Crippen molar-refractivity contribution in [1.29, 1.82) is 0 Å². The lowest BCUT2D eigenvalue weighted by Gasteiger charge is -2.19. The third-order valence-corrected chi connectivity index (χ3v) is 4.23. The lowest BCUT2D eigenvalue weighted by Crippen LogP contribution is -2.27. The number of nitrogens with one attached hydrogen (secondary N) is 1. The van der Waals surface area contributed by atoms with Crippen molar-refractivity contribution in [2.75, 3.05) is 38.7 Å². The molecule has 7 nitrogen and oxygen atoms in total. The van der Waals surface area contributed by atoms with E-state index in [9.17, 15) is 4.79 Å². The van der Waals surface area contributed by atoms with E-state index in [4.69, 9.17) is 0 Å². The van der Waals surface area contributed by atoms with E-state index in [0.29, 0.717) is 17.3 Å². The summed E-state index contributed by atoms with van der Waals surface area (Å²) in [5.74, 6) is 2.02. The molecule has 1 aliphatic rings. The Labute approximate surface area is 148 Å². The summed E-state index contributed by atoms with van der Waals surface area (Å²) in [6, 6.07) is 0. The van der Waals surface area contributed by atoms with Gasteiger partial charge < -0.3 is 10.2 Å². The van der Waals surface area contributed by atoms with Crippen molar-refractivity contribution in [3.05, 3.63) is 23.0 Å². The lowest BCUT2D eigenvalue weighted by molar-refractivity contribution is -0.104. The molecule has 1 N–H and O–H groups in total. The van der Waals surface area contributed by atoms with Crippen molar-refractivity contribution >= 4 is 37.3 Å². The summed E-state index contributed by atoms with van der Waals surface area (Å²) < 4.78 is 0. The van der Waals surface area contributed by atoms with E-state index in [2.05, 4.69) is 50.5 Å². The van der Waals surface area contributed by atoms with Crippen molar-refractivity contribution in [2.45, 2.75) is 13.8 Å². The van der Waals surface area contributed by atoms with Gasteiger partial charge in [-0.05, 0) is 26.9 Å². The predicted molar refractivity (Wildman–Crippen MR) is 104 cm³/mol. The zero-order valence-electron chi connectivity index (χ0n) is 14.4. The molecule has 0 spiro atoms. The molecule has 1 heterocycles. The second-order valence-corrected chi connectivity index (χ2v) is 5.98. The molecule has 24 heavy (non-hydrogen) atoms. The van der Waals surface area contributed by atoms with Crippen LogP contribution in [0.25, 0.3) is 0 Å². The van der Waals surface area contributed by atoms with Crippen molar-refractivity contribution < 1.29 is 4.79 Å². The molecular weight excluding hydrogens is 324 g/mol. The first kappa shape index (κ1) is 20.1. The fourth-order valence-electron chi connectivity index (χ4n) is 2.16. The van der Waals surface area contributed by atoms with Gasteiger partial charge in [0.2, 0.25) is 0 Å². The third-order valence-electron chi connectivity index (χ3n) is 3.41. The zero-order chi connectivity index (χ0) is 17.8. The summed E-state index contributed by atoms with van der Waals surface area (Å²) in [4.78, 5) is 28.1. The Balaban J connectivity index is 2.71. The number of carbonyl (C=O) groups is 1. The van der Waals surface area contributed by atoms with Crippen molar-refractivity contribution in [1.82, 2.24) is 15.1 Å². The quantitative estimate of drug-likeness (QED) is 0.213. The molecule has 0 aromatic heterocycles. The zero-order valence-corrected chi connectivity index (χ0v) is 15.3. The van der Waals surface area contributed by atoms with Gasteiger partial charge in [-0.1, -0.05) is 18.7 Å². The molecule has 1 rings (SSSR count). The lowest BCUT2D eigenvalue weighted by atomic mass is 10.4. The number of amidine groups is 1. The summed E-state index contributed by atoms with van der Waals surface area (Å²) in [5.41, 5.74) is 0. The monoisotopic (exact) mass is 350 g/mol. The van der Waals surface area contributed by atoms with E-state index >= 15 is 0 Å². The number of hydrogen-bond acceptors (Lipinski definition) is 7. The topological polar surface area (TPSA) is 72.7 Å². The number of likely N-dealkylation sites (N-methyl/N-ethyl adjacent to an activating group) is 1. The Morgan fingerprint density at radius 1 is 1.33 bits per heavy atom. The van der Waals surface area contributed by atoms with Crippen LogP contribution in [0.1, 0.15) is 13.8 Å². The molecule has 1 fully saturated rings. The van der Waals surface area contributed by atoms with E-state index in [-0.39, 0.29) is 0 Å². The van der Waals surface area contributed by atoms with E-state index in [1.807, 2.05) is 13.0 Å². The van der Waals surface area contributed by atoms with E-state index in [1.165, 1.54) is 18.0 Å². The van der Waals surface area contributed by atoms with Gasteiger partial charge in [0, 0.05) is 31.9 Å².